The predicted octanol–water partition coefficient (Wildman–Crippen LogP) is 1.69. The highest BCUT2D eigenvalue weighted by Crippen LogP contribution is 2.14. The van der Waals surface area contributed by atoms with Crippen LogP contribution < -0.4 is 0 Å². The van der Waals surface area contributed by atoms with Crippen LogP contribution in [0.25, 0.3) is 0 Å². The number of rotatable bonds is 8. The van der Waals surface area contributed by atoms with Gasteiger partial charge in [0.1, 0.15) is 0 Å². The lowest BCUT2D eigenvalue weighted by Crippen LogP contribution is -2.54. The average Bonchev–Trinajstić information content (AvgIpc) is 2.67. The summed E-state index contributed by atoms with van der Waals surface area (Å²) in [4.78, 5) is 26.2. The van der Waals surface area contributed by atoms with Crippen molar-refractivity contribution in [2.24, 2.45) is 0 Å². The number of benzene rings is 1. The summed E-state index contributed by atoms with van der Waals surface area (Å²) >= 11 is 0. The van der Waals surface area contributed by atoms with Gasteiger partial charge < -0.3 is 4.90 Å². The van der Waals surface area contributed by atoms with Crippen LogP contribution in [0.15, 0.2) is 24.3 Å². The molecule has 0 aromatic heterocycles. The van der Waals surface area contributed by atoms with Gasteiger partial charge in [0.15, 0.2) is 5.78 Å². The van der Waals surface area contributed by atoms with E-state index in [2.05, 4.69) is 0 Å². The van der Waals surface area contributed by atoms with E-state index in [0.717, 1.165) is 5.56 Å². The Morgan fingerprint density at radius 1 is 0.963 bits per heavy atom. The quantitative estimate of drug-likeness (QED) is 0.628. The molecule has 150 valence electrons. The first-order chi connectivity index (χ1) is 12.8. The van der Waals surface area contributed by atoms with Crippen LogP contribution in [-0.4, -0.2) is 72.9 Å². The first-order valence-electron chi connectivity index (χ1n) is 9.42. The lowest BCUT2D eigenvalue weighted by atomic mass is 10.0. The Hall–Kier alpha value is -1.77. The van der Waals surface area contributed by atoms with E-state index in [9.17, 15) is 18.0 Å². The molecule has 1 heterocycles. The Bertz CT molecular complexity index is 750. The van der Waals surface area contributed by atoms with Gasteiger partial charge in [-0.1, -0.05) is 43.7 Å². The normalized spacial score (nSPS) is 15.9. The van der Waals surface area contributed by atoms with Crippen LogP contribution in [0.4, 0.5) is 0 Å². The fourth-order valence-corrected chi connectivity index (χ4v) is 4.75. The molecule has 8 heteroatoms. The first kappa shape index (κ1) is 21.5. The highest BCUT2D eigenvalue weighted by Gasteiger charge is 2.32. The molecule has 1 fully saturated rings. The van der Waals surface area contributed by atoms with Crippen LogP contribution in [0.5, 0.6) is 0 Å². The highest BCUT2D eigenvalue weighted by molar-refractivity contribution is 7.86. The second-order valence-corrected chi connectivity index (χ2v) is 8.59. The Morgan fingerprint density at radius 2 is 1.52 bits per heavy atom. The molecule has 2 rings (SSSR count). The topological polar surface area (TPSA) is 78.0 Å². The van der Waals surface area contributed by atoms with Crippen molar-refractivity contribution in [1.82, 2.24) is 13.5 Å². The van der Waals surface area contributed by atoms with Crippen molar-refractivity contribution in [2.45, 2.75) is 33.6 Å². The molecule has 0 aliphatic carbocycles. The molecular weight excluding hydrogens is 366 g/mol. The molecule has 0 saturated carbocycles. The second-order valence-electron chi connectivity index (χ2n) is 6.66. The lowest BCUT2D eigenvalue weighted by molar-refractivity contribution is -0.132. The number of carbonyl (C=O) groups is 2. The number of piperazine rings is 1. The average molecular weight is 396 g/mol. The van der Waals surface area contributed by atoms with E-state index in [0.29, 0.717) is 31.7 Å². The fourth-order valence-electron chi connectivity index (χ4n) is 3.14. The SMILES string of the molecule is CCN(CC)S(=O)(=O)N1CCN(C(=O)CCC(=O)c2ccc(C)cc2)CC1. The third-order valence-corrected chi connectivity index (χ3v) is 7.08. The summed E-state index contributed by atoms with van der Waals surface area (Å²) in [5.41, 5.74) is 1.70. The summed E-state index contributed by atoms with van der Waals surface area (Å²) in [6.07, 6.45) is 0.315. The molecule has 0 unspecified atom stereocenters. The second kappa shape index (κ2) is 9.43. The zero-order valence-corrected chi connectivity index (χ0v) is 17.2. The minimum Gasteiger partial charge on any atom is -0.340 e. The van der Waals surface area contributed by atoms with E-state index in [4.69, 9.17) is 0 Å². The summed E-state index contributed by atoms with van der Waals surface area (Å²) in [6, 6.07) is 7.31. The molecule has 1 aliphatic heterocycles. The minimum absolute atomic E-state index is 0.0499. The minimum atomic E-state index is -3.46. The number of nitrogens with zero attached hydrogens (tertiary/aromatic N) is 3. The highest BCUT2D eigenvalue weighted by atomic mass is 32.2. The van der Waals surface area contributed by atoms with E-state index in [-0.39, 0.29) is 37.6 Å². The van der Waals surface area contributed by atoms with Crippen molar-refractivity contribution in [3.63, 3.8) is 0 Å². The van der Waals surface area contributed by atoms with Gasteiger partial charge in [-0.05, 0) is 6.92 Å². The van der Waals surface area contributed by atoms with Crippen LogP contribution in [0.3, 0.4) is 0 Å². The summed E-state index contributed by atoms with van der Waals surface area (Å²) in [5, 5.41) is 0. The number of aryl methyl sites for hydroxylation is 1. The molecule has 0 atom stereocenters. The van der Waals surface area contributed by atoms with Crippen LogP contribution in [0, 0.1) is 6.92 Å². The van der Waals surface area contributed by atoms with Crippen molar-refractivity contribution in [3.8, 4) is 0 Å². The first-order valence-corrected chi connectivity index (χ1v) is 10.8. The molecule has 7 nitrogen and oxygen atoms in total. The molecule has 1 saturated heterocycles. The fraction of sp³-hybridized carbons (Fsp3) is 0.579. The predicted molar refractivity (Wildman–Crippen MR) is 105 cm³/mol. The monoisotopic (exact) mass is 395 g/mol. The smallest absolute Gasteiger partial charge is 0.282 e. The molecule has 1 amide bonds. The van der Waals surface area contributed by atoms with Gasteiger partial charge in [-0.3, -0.25) is 9.59 Å². The van der Waals surface area contributed by atoms with Crippen LogP contribution in [-0.2, 0) is 15.0 Å². The molecule has 0 radical (unpaired) electrons. The Morgan fingerprint density at radius 3 is 2.04 bits per heavy atom. The summed E-state index contributed by atoms with van der Waals surface area (Å²) in [5.74, 6) is -0.151. The van der Waals surface area contributed by atoms with Crippen molar-refractivity contribution in [3.05, 3.63) is 35.4 Å². The molecular formula is C19H29N3O4S. The van der Waals surface area contributed by atoms with Crippen LogP contribution in [0.1, 0.15) is 42.6 Å². The molecule has 1 aliphatic rings. The van der Waals surface area contributed by atoms with Gasteiger partial charge in [-0.15, -0.1) is 0 Å². The van der Waals surface area contributed by atoms with Gasteiger partial charge in [0.05, 0.1) is 0 Å². The van der Waals surface area contributed by atoms with E-state index < -0.39 is 10.2 Å². The van der Waals surface area contributed by atoms with E-state index in [1.165, 1.54) is 8.61 Å². The molecule has 0 spiro atoms. The number of carbonyl (C=O) groups excluding carboxylic acids is 2. The Labute approximate surface area is 162 Å². The largest absolute Gasteiger partial charge is 0.340 e. The van der Waals surface area contributed by atoms with Gasteiger partial charge in [0.2, 0.25) is 5.91 Å². The zero-order chi connectivity index (χ0) is 20.0. The van der Waals surface area contributed by atoms with Gasteiger partial charge in [0.25, 0.3) is 10.2 Å². The number of amides is 1. The van der Waals surface area contributed by atoms with Crippen molar-refractivity contribution in [1.29, 1.82) is 0 Å². The number of hydrogen-bond acceptors (Lipinski definition) is 4. The van der Waals surface area contributed by atoms with E-state index in [1.54, 1.807) is 17.0 Å². The number of ketones is 1. The number of hydrogen-bond donors (Lipinski definition) is 0. The van der Waals surface area contributed by atoms with E-state index >= 15 is 0 Å². The summed E-state index contributed by atoms with van der Waals surface area (Å²) in [6.45, 7) is 7.73. The van der Waals surface area contributed by atoms with Gasteiger partial charge >= 0.3 is 0 Å². The molecule has 0 N–H and O–H groups in total. The van der Waals surface area contributed by atoms with Crippen LogP contribution >= 0.6 is 0 Å². The molecule has 27 heavy (non-hydrogen) atoms. The van der Waals surface area contributed by atoms with E-state index in [1.807, 2.05) is 32.9 Å². The third-order valence-electron chi connectivity index (χ3n) is 4.89. The lowest BCUT2D eigenvalue weighted by Gasteiger charge is -2.36. The number of Topliss-reactive ketones (excluding diaryl/α,β-unsaturated/α-hetero) is 1. The maximum Gasteiger partial charge on any atom is 0.282 e. The Kier molecular flexibility index (Phi) is 7.52. The molecule has 1 aromatic carbocycles. The van der Waals surface area contributed by atoms with Crippen molar-refractivity contribution < 1.29 is 18.0 Å². The van der Waals surface area contributed by atoms with Crippen molar-refractivity contribution >= 4 is 21.9 Å². The Balaban J connectivity index is 1.84. The van der Waals surface area contributed by atoms with Gasteiger partial charge in [-0.25, -0.2) is 0 Å². The molecule has 1 aromatic rings. The van der Waals surface area contributed by atoms with Crippen LogP contribution in [0.2, 0.25) is 0 Å². The maximum absolute atomic E-state index is 12.5. The van der Waals surface area contributed by atoms with Gasteiger partial charge in [-0.2, -0.15) is 17.0 Å². The molecule has 0 bridgehead atoms. The summed E-state index contributed by atoms with van der Waals surface area (Å²) in [7, 11) is -3.46. The van der Waals surface area contributed by atoms with Crippen molar-refractivity contribution in [2.75, 3.05) is 39.3 Å². The summed E-state index contributed by atoms with van der Waals surface area (Å²) < 4.78 is 27.9. The standard InChI is InChI=1S/C19H29N3O4S/c1-4-21(5-2)27(25,26)22-14-12-20(13-15-22)19(24)11-10-18(23)17-8-6-16(3)7-9-17/h6-9H,4-5,10-15H2,1-3H3. The van der Waals surface area contributed by atoms with Gasteiger partial charge in [0, 0.05) is 57.7 Å². The zero-order valence-electron chi connectivity index (χ0n) is 16.3. The maximum atomic E-state index is 12.5. The third kappa shape index (κ3) is 5.37.